The van der Waals surface area contributed by atoms with E-state index in [-0.39, 0.29) is 26.9 Å². The van der Waals surface area contributed by atoms with Crippen LogP contribution in [-0.4, -0.2) is 23.0 Å². The zero-order valence-electron chi connectivity index (χ0n) is 11.8. The van der Waals surface area contributed by atoms with Gasteiger partial charge in [0, 0.05) is 18.0 Å². The molecule has 0 aliphatic rings. The summed E-state index contributed by atoms with van der Waals surface area (Å²) in [4.78, 5) is 19.0. The van der Waals surface area contributed by atoms with Crippen LogP contribution >= 0.6 is 15.9 Å². The molecule has 0 atom stereocenters. The number of methoxy groups -OCH3 is 1. The Morgan fingerprint density at radius 2 is 2.17 bits per heavy atom. The van der Waals surface area contributed by atoms with Crippen molar-refractivity contribution in [2.75, 3.05) is 12.4 Å². The van der Waals surface area contributed by atoms with Crippen LogP contribution in [0.1, 0.15) is 10.4 Å². The number of carbonyl (C=O) groups excluding carboxylic acids is 1. The van der Waals surface area contributed by atoms with E-state index in [2.05, 4.69) is 31.2 Å². The molecule has 3 rings (SSSR count). The van der Waals surface area contributed by atoms with E-state index in [9.17, 15) is 13.6 Å². The molecule has 1 amide bonds. The van der Waals surface area contributed by atoms with E-state index >= 15 is 0 Å². The summed E-state index contributed by atoms with van der Waals surface area (Å²) in [6, 6.07) is 3.81. The van der Waals surface area contributed by atoms with Crippen molar-refractivity contribution in [2.24, 2.45) is 0 Å². The highest BCUT2D eigenvalue weighted by molar-refractivity contribution is 9.10. The number of halogens is 3. The predicted molar refractivity (Wildman–Crippen MR) is 84.7 cm³/mol. The highest BCUT2D eigenvalue weighted by atomic mass is 79.9. The van der Waals surface area contributed by atoms with Gasteiger partial charge >= 0.3 is 0 Å². The Kier molecular flexibility index (Phi) is 3.99. The van der Waals surface area contributed by atoms with Gasteiger partial charge in [-0.05, 0) is 34.1 Å². The van der Waals surface area contributed by atoms with Crippen molar-refractivity contribution in [1.82, 2.24) is 9.97 Å². The first-order chi connectivity index (χ1) is 11.0. The Morgan fingerprint density at radius 1 is 1.39 bits per heavy atom. The van der Waals surface area contributed by atoms with Gasteiger partial charge in [-0.25, -0.2) is 13.8 Å². The van der Waals surface area contributed by atoms with E-state index in [4.69, 9.17) is 4.74 Å². The number of ether oxygens (including phenoxy) is 1. The number of nitrogens with zero attached hydrogens (tertiary/aromatic N) is 1. The maximum Gasteiger partial charge on any atom is 0.255 e. The predicted octanol–water partition coefficient (Wildman–Crippen LogP) is 3.86. The zero-order chi connectivity index (χ0) is 16.6. The molecule has 2 aromatic heterocycles. The number of rotatable bonds is 3. The van der Waals surface area contributed by atoms with Crippen LogP contribution in [0.3, 0.4) is 0 Å². The lowest BCUT2D eigenvalue weighted by Gasteiger charge is -2.07. The number of fused-ring (bicyclic) bond motifs is 1. The molecule has 0 spiro atoms. The van der Waals surface area contributed by atoms with Crippen molar-refractivity contribution in [2.45, 2.75) is 0 Å². The average Bonchev–Trinajstić information content (AvgIpc) is 2.94. The molecule has 3 aromatic rings. The van der Waals surface area contributed by atoms with E-state index < -0.39 is 17.5 Å². The Hall–Kier alpha value is -2.48. The highest BCUT2D eigenvalue weighted by Gasteiger charge is 2.16. The number of hydrogen-bond acceptors (Lipinski definition) is 3. The Labute approximate surface area is 137 Å². The summed E-state index contributed by atoms with van der Waals surface area (Å²) in [6.07, 6.45) is 2.74. The molecule has 1 aromatic carbocycles. The Bertz CT molecular complexity index is 911. The van der Waals surface area contributed by atoms with Crippen molar-refractivity contribution < 1.29 is 18.3 Å². The van der Waals surface area contributed by atoms with Gasteiger partial charge in [-0.1, -0.05) is 0 Å². The highest BCUT2D eigenvalue weighted by Crippen LogP contribution is 2.29. The largest absolute Gasteiger partial charge is 0.494 e. The minimum atomic E-state index is -0.658. The molecule has 8 heteroatoms. The number of benzene rings is 1. The summed E-state index contributed by atoms with van der Waals surface area (Å²) < 4.78 is 32.8. The fourth-order valence-corrected chi connectivity index (χ4v) is 2.44. The van der Waals surface area contributed by atoms with Gasteiger partial charge in [-0.3, -0.25) is 4.79 Å². The lowest BCUT2D eigenvalue weighted by atomic mass is 10.2. The second-order valence-electron chi connectivity index (χ2n) is 4.65. The van der Waals surface area contributed by atoms with E-state index in [1.54, 1.807) is 0 Å². The van der Waals surface area contributed by atoms with E-state index in [1.807, 2.05) is 0 Å². The van der Waals surface area contributed by atoms with Crippen molar-refractivity contribution in [3.63, 3.8) is 0 Å². The lowest BCUT2D eigenvalue weighted by molar-refractivity contribution is 0.102. The molecule has 0 aliphatic carbocycles. The maximum atomic E-state index is 14.2. The van der Waals surface area contributed by atoms with Gasteiger partial charge in [0.2, 0.25) is 0 Å². The van der Waals surface area contributed by atoms with Gasteiger partial charge in [0.15, 0.2) is 17.4 Å². The topological polar surface area (TPSA) is 67.0 Å². The first kappa shape index (κ1) is 15.4. The number of aromatic amines is 1. The van der Waals surface area contributed by atoms with Crippen LogP contribution in [0.25, 0.3) is 11.0 Å². The van der Waals surface area contributed by atoms with Gasteiger partial charge in [-0.2, -0.15) is 0 Å². The molecular weight excluding hydrogens is 372 g/mol. The van der Waals surface area contributed by atoms with Crippen molar-refractivity contribution in [1.29, 1.82) is 0 Å². The van der Waals surface area contributed by atoms with Crippen LogP contribution in [0, 0.1) is 11.6 Å². The number of aromatic nitrogens is 2. The molecule has 0 saturated heterocycles. The third-order valence-corrected chi connectivity index (χ3v) is 3.81. The quantitative estimate of drug-likeness (QED) is 0.723. The average molecular weight is 382 g/mol. The summed E-state index contributed by atoms with van der Waals surface area (Å²) in [6.45, 7) is 0. The number of pyridine rings is 1. The summed E-state index contributed by atoms with van der Waals surface area (Å²) in [5.74, 6) is -1.75. The monoisotopic (exact) mass is 381 g/mol. The molecule has 0 fully saturated rings. The summed E-state index contributed by atoms with van der Waals surface area (Å²) >= 11 is 3.04. The fraction of sp³-hybridized carbons (Fsp3) is 0.0667. The first-order valence-electron chi connectivity index (χ1n) is 6.47. The van der Waals surface area contributed by atoms with Crippen LogP contribution in [0.5, 0.6) is 5.75 Å². The van der Waals surface area contributed by atoms with Crippen LogP contribution in [-0.2, 0) is 0 Å². The maximum absolute atomic E-state index is 14.2. The number of hydrogen-bond donors (Lipinski definition) is 2. The third-order valence-electron chi connectivity index (χ3n) is 3.26. The van der Waals surface area contributed by atoms with Gasteiger partial charge in [0.05, 0.1) is 22.7 Å². The molecule has 5 nitrogen and oxygen atoms in total. The van der Waals surface area contributed by atoms with Crippen LogP contribution in [0.4, 0.5) is 14.5 Å². The SMILES string of the molecule is COc1ccc(C(=O)Nc2c[nH]c3ncc(Br)c(F)c23)cc1F. The number of carbonyl (C=O) groups is 1. The van der Waals surface area contributed by atoms with E-state index in [1.165, 1.54) is 31.6 Å². The Balaban J connectivity index is 1.94. The summed E-state index contributed by atoms with van der Waals surface area (Å²) in [5.41, 5.74) is 0.593. The minimum Gasteiger partial charge on any atom is -0.494 e. The van der Waals surface area contributed by atoms with Gasteiger partial charge in [0.25, 0.3) is 5.91 Å². The Morgan fingerprint density at radius 3 is 2.87 bits per heavy atom. The number of anilines is 1. The molecule has 0 saturated carbocycles. The third kappa shape index (κ3) is 2.77. The molecular formula is C15H10BrF2N3O2. The van der Waals surface area contributed by atoms with Crippen molar-refractivity contribution in [3.8, 4) is 5.75 Å². The molecule has 0 radical (unpaired) electrons. The molecule has 23 heavy (non-hydrogen) atoms. The standard InChI is InChI=1S/C15H10BrF2N3O2/c1-23-11-3-2-7(4-9(11)17)15(22)21-10-6-20-14-12(10)13(18)8(16)5-19-14/h2-6H,1H3,(H,19,20)(H,21,22). The molecule has 0 bridgehead atoms. The normalized spacial score (nSPS) is 10.8. The summed E-state index contributed by atoms with van der Waals surface area (Å²) in [7, 11) is 1.33. The van der Waals surface area contributed by atoms with Crippen molar-refractivity contribution in [3.05, 3.63) is 52.3 Å². The second-order valence-corrected chi connectivity index (χ2v) is 5.50. The van der Waals surface area contributed by atoms with Crippen LogP contribution < -0.4 is 10.1 Å². The number of amides is 1. The van der Waals surface area contributed by atoms with E-state index in [0.29, 0.717) is 5.65 Å². The zero-order valence-corrected chi connectivity index (χ0v) is 13.4. The molecule has 0 unspecified atom stereocenters. The lowest BCUT2D eigenvalue weighted by Crippen LogP contribution is -2.12. The van der Waals surface area contributed by atoms with Crippen LogP contribution in [0.2, 0.25) is 0 Å². The molecule has 2 heterocycles. The smallest absolute Gasteiger partial charge is 0.255 e. The van der Waals surface area contributed by atoms with Crippen LogP contribution in [0.15, 0.2) is 35.1 Å². The van der Waals surface area contributed by atoms with Gasteiger partial charge in [0.1, 0.15) is 5.65 Å². The fourth-order valence-electron chi connectivity index (χ4n) is 2.13. The molecule has 118 valence electrons. The first-order valence-corrected chi connectivity index (χ1v) is 7.26. The van der Waals surface area contributed by atoms with Gasteiger partial charge in [-0.15, -0.1) is 0 Å². The summed E-state index contributed by atoms with van der Waals surface area (Å²) in [5, 5.41) is 2.68. The number of nitrogens with one attached hydrogen (secondary N) is 2. The molecule has 0 aliphatic heterocycles. The number of H-pyrrole nitrogens is 1. The van der Waals surface area contributed by atoms with Crippen molar-refractivity contribution >= 4 is 38.6 Å². The second kappa shape index (κ2) is 5.96. The van der Waals surface area contributed by atoms with E-state index in [0.717, 1.165) is 6.07 Å². The minimum absolute atomic E-state index is 0.0350. The van der Waals surface area contributed by atoms with Gasteiger partial charge < -0.3 is 15.0 Å². The molecule has 2 N–H and O–H groups in total.